The average molecular weight is 334 g/mol. The molecule has 0 saturated heterocycles. The van der Waals surface area contributed by atoms with Gasteiger partial charge in [0, 0.05) is 26.8 Å². The normalized spacial score (nSPS) is 13.1. The molecule has 0 spiro atoms. The monoisotopic (exact) mass is 334 g/mol. The largest absolute Gasteiger partial charge is 0.480 e. The van der Waals surface area contributed by atoms with Crippen LogP contribution in [0.15, 0.2) is 12.3 Å². The van der Waals surface area contributed by atoms with E-state index in [2.05, 4.69) is 14.6 Å². The zero-order valence-electron chi connectivity index (χ0n) is 12.4. The first kappa shape index (κ1) is 18.1. The van der Waals surface area contributed by atoms with Crippen LogP contribution in [-0.2, 0) is 31.6 Å². The van der Waals surface area contributed by atoms with Crippen LogP contribution in [-0.4, -0.2) is 60.3 Å². The second kappa shape index (κ2) is 7.33. The van der Waals surface area contributed by atoms with Gasteiger partial charge in [0.25, 0.3) is 10.2 Å². The number of carboxylic acid groups (broad SMARTS) is 1. The van der Waals surface area contributed by atoms with E-state index in [4.69, 9.17) is 0 Å². The highest BCUT2D eigenvalue weighted by molar-refractivity contribution is 7.87. The zero-order chi connectivity index (χ0) is 16.9. The Balaban J connectivity index is 2.86. The molecule has 0 radical (unpaired) electrons. The van der Waals surface area contributed by atoms with E-state index in [1.807, 2.05) is 0 Å². The summed E-state index contributed by atoms with van der Waals surface area (Å²) in [5, 5.41) is 13.0. The van der Waals surface area contributed by atoms with Gasteiger partial charge >= 0.3 is 11.9 Å². The van der Waals surface area contributed by atoms with Gasteiger partial charge in [-0.2, -0.15) is 22.5 Å². The van der Waals surface area contributed by atoms with E-state index in [0.29, 0.717) is 0 Å². The molecule has 10 nitrogen and oxygen atoms in total. The molecule has 1 rings (SSSR count). The maximum atomic E-state index is 12.1. The van der Waals surface area contributed by atoms with Crippen molar-refractivity contribution in [2.75, 3.05) is 20.7 Å². The molecule has 0 amide bonds. The number of carbonyl (C=O) groups excluding carboxylic acids is 1. The van der Waals surface area contributed by atoms with Crippen molar-refractivity contribution in [2.45, 2.75) is 12.5 Å². The Morgan fingerprint density at radius 3 is 2.64 bits per heavy atom. The van der Waals surface area contributed by atoms with E-state index >= 15 is 0 Å². The van der Waals surface area contributed by atoms with E-state index in [1.165, 1.54) is 38.2 Å². The maximum absolute atomic E-state index is 12.1. The number of nitrogens with zero attached hydrogens (tertiary/aromatic N) is 3. The summed E-state index contributed by atoms with van der Waals surface area (Å²) in [5.41, 5.74) is 0.178. The van der Waals surface area contributed by atoms with Crippen LogP contribution < -0.4 is 4.72 Å². The number of aryl methyl sites for hydroxylation is 1. The lowest BCUT2D eigenvalue weighted by Crippen LogP contribution is -2.43. The van der Waals surface area contributed by atoms with Crippen molar-refractivity contribution in [3.8, 4) is 0 Å². The highest BCUT2D eigenvalue weighted by atomic mass is 32.2. The molecular formula is C11H18N4O6S. The fraction of sp³-hybridized carbons (Fsp3) is 0.545. The SMILES string of the molecule is COC(=O)CCN(C)S(=O)(=O)NC(C(=O)O)c1ccnn1C. The van der Waals surface area contributed by atoms with Crippen LogP contribution in [0.2, 0.25) is 0 Å². The Bertz CT molecular complexity index is 641. The molecule has 0 saturated carbocycles. The van der Waals surface area contributed by atoms with Crippen molar-refractivity contribution in [3.05, 3.63) is 18.0 Å². The highest BCUT2D eigenvalue weighted by Gasteiger charge is 2.30. The number of carbonyl (C=O) groups is 2. The molecule has 0 aliphatic carbocycles. The number of hydrogen-bond donors (Lipinski definition) is 2. The van der Waals surface area contributed by atoms with Gasteiger partial charge in [-0.3, -0.25) is 14.3 Å². The van der Waals surface area contributed by atoms with Crippen LogP contribution in [0, 0.1) is 0 Å². The van der Waals surface area contributed by atoms with E-state index in [-0.39, 0.29) is 18.7 Å². The van der Waals surface area contributed by atoms with Crippen molar-refractivity contribution in [1.29, 1.82) is 0 Å². The molecule has 1 heterocycles. The van der Waals surface area contributed by atoms with Gasteiger partial charge in [0.05, 0.1) is 19.2 Å². The van der Waals surface area contributed by atoms with E-state index < -0.39 is 28.2 Å². The molecule has 0 aliphatic rings. The number of rotatable bonds is 8. The molecule has 1 atom stereocenters. The van der Waals surface area contributed by atoms with E-state index in [9.17, 15) is 23.1 Å². The Kier molecular flexibility index (Phi) is 6.02. The third-order valence-electron chi connectivity index (χ3n) is 2.94. The summed E-state index contributed by atoms with van der Waals surface area (Å²) in [4.78, 5) is 22.3. The summed E-state index contributed by atoms with van der Waals surface area (Å²) in [5.74, 6) is -1.93. The summed E-state index contributed by atoms with van der Waals surface area (Å²) in [6.07, 6.45) is 1.22. The van der Waals surface area contributed by atoms with Crippen LogP contribution in [0.5, 0.6) is 0 Å². The number of carboxylic acids is 1. The molecule has 0 aliphatic heterocycles. The highest BCUT2D eigenvalue weighted by Crippen LogP contribution is 2.14. The van der Waals surface area contributed by atoms with Gasteiger partial charge in [-0.15, -0.1) is 0 Å². The fourth-order valence-corrected chi connectivity index (χ4v) is 2.65. The van der Waals surface area contributed by atoms with Crippen molar-refractivity contribution in [3.63, 3.8) is 0 Å². The van der Waals surface area contributed by atoms with E-state index in [0.717, 1.165) is 4.31 Å². The summed E-state index contributed by atoms with van der Waals surface area (Å²) in [6.45, 7) is -0.139. The van der Waals surface area contributed by atoms with Gasteiger partial charge < -0.3 is 9.84 Å². The summed E-state index contributed by atoms with van der Waals surface area (Å²) in [6, 6.07) is -0.0893. The van der Waals surface area contributed by atoms with E-state index in [1.54, 1.807) is 0 Å². The molecule has 1 unspecified atom stereocenters. The number of nitrogens with one attached hydrogen (secondary N) is 1. The minimum Gasteiger partial charge on any atom is -0.480 e. The molecular weight excluding hydrogens is 316 g/mol. The second-order valence-electron chi connectivity index (χ2n) is 4.42. The molecule has 0 aromatic carbocycles. The van der Waals surface area contributed by atoms with Crippen molar-refractivity contribution < 1.29 is 27.9 Å². The Labute approximate surface area is 127 Å². The van der Waals surface area contributed by atoms with Crippen molar-refractivity contribution in [1.82, 2.24) is 18.8 Å². The summed E-state index contributed by atoms with van der Waals surface area (Å²) >= 11 is 0. The van der Waals surface area contributed by atoms with Crippen molar-refractivity contribution >= 4 is 22.1 Å². The minimum absolute atomic E-state index is 0.139. The Hall–Kier alpha value is -1.98. The first-order valence-corrected chi connectivity index (χ1v) is 7.64. The lowest BCUT2D eigenvalue weighted by atomic mass is 10.2. The average Bonchev–Trinajstić information content (AvgIpc) is 2.87. The molecule has 0 fully saturated rings. The number of aliphatic carboxylic acids is 1. The molecule has 11 heteroatoms. The topological polar surface area (TPSA) is 131 Å². The van der Waals surface area contributed by atoms with Gasteiger partial charge in [-0.05, 0) is 6.07 Å². The maximum Gasteiger partial charge on any atom is 0.327 e. The number of methoxy groups -OCH3 is 1. The predicted octanol–water partition coefficient (Wildman–Crippen LogP) is -1.12. The third-order valence-corrected chi connectivity index (χ3v) is 4.47. The second-order valence-corrected chi connectivity index (χ2v) is 6.23. The van der Waals surface area contributed by atoms with Gasteiger partial charge in [-0.25, -0.2) is 0 Å². The van der Waals surface area contributed by atoms with Crippen LogP contribution >= 0.6 is 0 Å². The third kappa shape index (κ3) is 4.51. The van der Waals surface area contributed by atoms with Crippen LogP contribution in [0.4, 0.5) is 0 Å². The smallest absolute Gasteiger partial charge is 0.327 e. The van der Waals surface area contributed by atoms with Gasteiger partial charge in [0.1, 0.15) is 0 Å². The number of hydrogen-bond acceptors (Lipinski definition) is 6. The standard InChI is InChI=1S/C11H18N4O6S/c1-14(7-5-9(16)21-3)22(19,20)13-10(11(17)18)8-4-6-12-15(8)2/h4,6,10,13H,5,7H2,1-3H3,(H,17,18). The Morgan fingerprint density at radius 2 is 2.18 bits per heavy atom. The molecule has 1 aromatic rings. The summed E-state index contributed by atoms with van der Waals surface area (Å²) < 4.78 is 32.8. The van der Waals surface area contributed by atoms with Crippen LogP contribution in [0.3, 0.4) is 0 Å². The molecule has 0 bridgehead atoms. The number of ether oxygens (including phenoxy) is 1. The lowest BCUT2D eigenvalue weighted by molar-refractivity contribution is -0.141. The number of aromatic nitrogens is 2. The molecule has 124 valence electrons. The zero-order valence-corrected chi connectivity index (χ0v) is 13.2. The summed E-state index contributed by atoms with van der Waals surface area (Å²) in [7, 11) is -0.175. The van der Waals surface area contributed by atoms with Gasteiger partial charge in [0.15, 0.2) is 6.04 Å². The first-order chi connectivity index (χ1) is 10.2. The van der Waals surface area contributed by atoms with Gasteiger partial charge in [-0.1, -0.05) is 0 Å². The predicted molar refractivity (Wildman–Crippen MR) is 74.9 cm³/mol. The minimum atomic E-state index is -4.10. The molecule has 1 aromatic heterocycles. The fourth-order valence-electron chi connectivity index (χ4n) is 1.61. The first-order valence-electron chi connectivity index (χ1n) is 6.20. The van der Waals surface area contributed by atoms with Crippen LogP contribution in [0.25, 0.3) is 0 Å². The van der Waals surface area contributed by atoms with Gasteiger partial charge in [0.2, 0.25) is 0 Å². The number of esters is 1. The molecule has 22 heavy (non-hydrogen) atoms. The van der Waals surface area contributed by atoms with Crippen LogP contribution in [0.1, 0.15) is 18.2 Å². The lowest BCUT2D eigenvalue weighted by Gasteiger charge is -2.21. The van der Waals surface area contributed by atoms with Crippen molar-refractivity contribution in [2.24, 2.45) is 7.05 Å². The quantitative estimate of drug-likeness (QED) is 0.575. The Morgan fingerprint density at radius 1 is 1.55 bits per heavy atom. The molecule has 2 N–H and O–H groups in total.